The van der Waals surface area contributed by atoms with Crippen molar-refractivity contribution < 1.29 is 14.3 Å². The smallest absolute Gasteiger partial charge is 0.410 e. The molecule has 0 unspecified atom stereocenters. The third kappa shape index (κ3) is 4.92. The van der Waals surface area contributed by atoms with E-state index < -0.39 is 5.60 Å². The minimum absolute atomic E-state index is 0.176. The van der Waals surface area contributed by atoms with Gasteiger partial charge in [0.25, 0.3) is 0 Å². The van der Waals surface area contributed by atoms with E-state index in [1.165, 1.54) is 0 Å². The second-order valence-electron chi connectivity index (χ2n) is 8.75. The van der Waals surface area contributed by atoms with Crippen LogP contribution < -0.4 is 15.0 Å². The van der Waals surface area contributed by atoms with E-state index in [9.17, 15) is 4.79 Å². The number of hydrogen-bond donors (Lipinski definition) is 2. The topological polar surface area (TPSA) is 108 Å². The van der Waals surface area contributed by atoms with E-state index in [0.29, 0.717) is 37.2 Å². The van der Waals surface area contributed by atoms with Crippen LogP contribution in [0.2, 0.25) is 0 Å². The van der Waals surface area contributed by atoms with E-state index in [0.717, 1.165) is 31.0 Å². The van der Waals surface area contributed by atoms with Crippen molar-refractivity contribution in [2.24, 2.45) is 0 Å². The minimum Gasteiger partial charge on any atom is -0.458 e. The summed E-state index contributed by atoms with van der Waals surface area (Å²) in [5.74, 6) is 2.13. The van der Waals surface area contributed by atoms with Gasteiger partial charge < -0.3 is 24.6 Å². The monoisotopic (exact) mass is 415 g/mol. The zero-order valence-electron chi connectivity index (χ0n) is 17.9. The van der Waals surface area contributed by atoms with Crippen molar-refractivity contribution in [2.75, 3.05) is 36.4 Å². The van der Waals surface area contributed by atoms with E-state index in [2.05, 4.69) is 30.4 Å². The number of aromatic nitrogens is 4. The quantitative estimate of drug-likeness (QED) is 0.767. The molecule has 1 amide bonds. The molecule has 2 saturated heterocycles. The van der Waals surface area contributed by atoms with Crippen LogP contribution in [0.3, 0.4) is 0 Å². The lowest BCUT2D eigenvalue weighted by molar-refractivity contribution is 0.0274. The summed E-state index contributed by atoms with van der Waals surface area (Å²) in [6, 6.07) is 4.10. The van der Waals surface area contributed by atoms with Gasteiger partial charge in [0.1, 0.15) is 23.3 Å². The molecule has 0 radical (unpaired) electrons. The second-order valence-corrected chi connectivity index (χ2v) is 8.75. The maximum atomic E-state index is 12.3. The van der Waals surface area contributed by atoms with Gasteiger partial charge in [0.15, 0.2) is 5.82 Å². The van der Waals surface area contributed by atoms with Crippen LogP contribution in [0, 0.1) is 6.92 Å². The van der Waals surface area contributed by atoms with Crippen LogP contribution in [0.4, 0.5) is 22.2 Å². The molecule has 2 fully saturated rings. The maximum absolute atomic E-state index is 12.3. The molecular formula is C20H29N7O3. The Bertz CT molecular complexity index is 904. The number of hydrogen-bond acceptors (Lipinski definition) is 8. The molecule has 0 bridgehead atoms. The van der Waals surface area contributed by atoms with Gasteiger partial charge in [-0.2, -0.15) is 15.1 Å². The van der Waals surface area contributed by atoms with E-state index in [4.69, 9.17) is 9.47 Å². The van der Waals surface area contributed by atoms with Crippen molar-refractivity contribution >= 4 is 23.5 Å². The van der Waals surface area contributed by atoms with Gasteiger partial charge in [-0.1, -0.05) is 0 Å². The Balaban J connectivity index is 1.45. The summed E-state index contributed by atoms with van der Waals surface area (Å²) in [7, 11) is 0. The third-order valence-corrected chi connectivity index (χ3v) is 4.90. The number of nitrogens with zero attached hydrogens (tertiary/aromatic N) is 5. The Morgan fingerprint density at radius 1 is 1.20 bits per heavy atom. The molecule has 0 saturated carbocycles. The Labute approximate surface area is 176 Å². The highest BCUT2D eigenvalue weighted by Crippen LogP contribution is 2.26. The first-order valence-electron chi connectivity index (χ1n) is 10.3. The highest BCUT2D eigenvalue weighted by molar-refractivity contribution is 5.68. The molecule has 2 aromatic heterocycles. The predicted molar refractivity (Wildman–Crippen MR) is 112 cm³/mol. The van der Waals surface area contributed by atoms with Gasteiger partial charge in [-0.05, 0) is 34.1 Å². The van der Waals surface area contributed by atoms with E-state index in [1.807, 2.05) is 39.8 Å². The predicted octanol–water partition coefficient (Wildman–Crippen LogP) is 2.85. The first kappa shape index (κ1) is 20.2. The minimum atomic E-state index is -0.518. The summed E-state index contributed by atoms with van der Waals surface area (Å²) in [4.78, 5) is 25.2. The largest absolute Gasteiger partial charge is 0.458 e. The fourth-order valence-electron chi connectivity index (χ4n) is 3.32. The Hall–Kier alpha value is -3.04. The summed E-state index contributed by atoms with van der Waals surface area (Å²) >= 11 is 0. The fourth-order valence-corrected chi connectivity index (χ4v) is 3.32. The van der Waals surface area contributed by atoms with E-state index in [1.54, 1.807) is 4.90 Å². The number of ether oxygens (including phenoxy) is 2. The van der Waals surface area contributed by atoms with Gasteiger partial charge in [-0.3, -0.25) is 5.10 Å². The average molecular weight is 415 g/mol. The Morgan fingerprint density at radius 2 is 2.00 bits per heavy atom. The van der Waals surface area contributed by atoms with Gasteiger partial charge in [-0.25, -0.2) is 4.79 Å². The first-order chi connectivity index (χ1) is 14.2. The summed E-state index contributed by atoms with van der Waals surface area (Å²) in [5.41, 5.74) is 0.440. The number of likely N-dealkylation sites (tertiary alicyclic amines) is 1. The second kappa shape index (κ2) is 8.00. The molecule has 4 heterocycles. The number of amides is 1. The lowest BCUT2D eigenvalue weighted by Gasteiger charge is -2.32. The van der Waals surface area contributed by atoms with Crippen molar-refractivity contribution in [1.29, 1.82) is 0 Å². The number of carbonyl (C=O) groups is 1. The standard InChI is InChI=1S/C20H29N7O3/c1-13-10-16(25-24-13)21-15-11-17(26-7-5-8-26)23-18(22-15)29-14-6-9-27(12-14)19(28)30-20(2,3)4/h10-11,14H,5-9,12H2,1-4H3,(H2,21,22,23,24,25)/t14-/m0/s1. The van der Waals surface area contributed by atoms with Crippen LogP contribution in [-0.4, -0.2) is 69.0 Å². The van der Waals surface area contributed by atoms with Gasteiger partial charge in [0, 0.05) is 43.9 Å². The van der Waals surface area contributed by atoms with Gasteiger partial charge in [0.05, 0.1) is 6.54 Å². The maximum Gasteiger partial charge on any atom is 0.410 e. The van der Waals surface area contributed by atoms with Crippen molar-refractivity contribution in [2.45, 2.75) is 52.2 Å². The molecule has 30 heavy (non-hydrogen) atoms. The van der Waals surface area contributed by atoms with Crippen molar-refractivity contribution in [3.63, 3.8) is 0 Å². The molecule has 1 atom stereocenters. The number of aromatic amines is 1. The SMILES string of the molecule is Cc1cc(Nc2cc(N3CCC3)nc(O[C@H]3CCN(C(=O)OC(C)(C)C)C3)n2)n[nH]1. The summed E-state index contributed by atoms with van der Waals surface area (Å²) in [6.07, 6.45) is 1.36. The van der Waals surface area contributed by atoms with Crippen LogP contribution in [0.1, 0.15) is 39.3 Å². The van der Waals surface area contributed by atoms with Crippen molar-refractivity contribution in [3.05, 3.63) is 17.8 Å². The number of aryl methyl sites for hydroxylation is 1. The van der Waals surface area contributed by atoms with Crippen molar-refractivity contribution in [1.82, 2.24) is 25.1 Å². The fraction of sp³-hybridized carbons (Fsp3) is 0.600. The first-order valence-corrected chi connectivity index (χ1v) is 10.3. The normalized spacial score (nSPS) is 18.9. The third-order valence-electron chi connectivity index (χ3n) is 4.90. The summed E-state index contributed by atoms with van der Waals surface area (Å²) in [5, 5.41) is 10.3. The molecule has 0 aliphatic carbocycles. The van der Waals surface area contributed by atoms with Crippen molar-refractivity contribution in [3.8, 4) is 6.01 Å². The zero-order chi connectivity index (χ0) is 21.3. The lowest BCUT2D eigenvalue weighted by Crippen LogP contribution is -2.38. The van der Waals surface area contributed by atoms with Crippen LogP contribution in [0.25, 0.3) is 0 Å². The number of rotatable bonds is 5. The number of H-pyrrole nitrogens is 1. The number of carbonyl (C=O) groups excluding carboxylic acids is 1. The highest BCUT2D eigenvalue weighted by atomic mass is 16.6. The summed E-state index contributed by atoms with van der Waals surface area (Å²) < 4.78 is 11.5. The summed E-state index contributed by atoms with van der Waals surface area (Å²) in [6.45, 7) is 10.5. The molecule has 4 rings (SSSR count). The van der Waals surface area contributed by atoms with Gasteiger partial charge in [-0.15, -0.1) is 0 Å². The number of anilines is 3. The molecule has 2 aliphatic heterocycles. The molecule has 162 valence electrons. The lowest BCUT2D eigenvalue weighted by atomic mass is 10.2. The van der Waals surface area contributed by atoms with Crippen LogP contribution in [0.5, 0.6) is 6.01 Å². The Morgan fingerprint density at radius 3 is 2.63 bits per heavy atom. The Kier molecular flexibility index (Phi) is 5.40. The molecule has 10 heteroatoms. The average Bonchev–Trinajstić information content (AvgIpc) is 3.21. The number of nitrogens with one attached hydrogen (secondary N) is 2. The molecule has 10 nitrogen and oxygen atoms in total. The molecule has 2 aliphatic rings. The van der Waals surface area contributed by atoms with Crippen LogP contribution in [0.15, 0.2) is 12.1 Å². The molecule has 0 spiro atoms. The molecule has 0 aromatic carbocycles. The zero-order valence-corrected chi connectivity index (χ0v) is 17.9. The van der Waals surface area contributed by atoms with Gasteiger partial charge >= 0.3 is 12.1 Å². The molecule has 2 aromatic rings. The van der Waals surface area contributed by atoms with Crippen LogP contribution in [-0.2, 0) is 4.74 Å². The molecule has 2 N–H and O–H groups in total. The highest BCUT2D eigenvalue weighted by Gasteiger charge is 2.31. The van der Waals surface area contributed by atoms with Crippen LogP contribution >= 0.6 is 0 Å². The van der Waals surface area contributed by atoms with Gasteiger partial charge in [0.2, 0.25) is 0 Å². The molecular weight excluding hydrogens is 386 g/mol. The van der Waals surface area contributed by atoms with E-state index >= 15 is 0 Å². The van der Waals surface area contributed by atoms with E-state index in [-0.39, 0.29) is 12.2 Å².